The number of benzene rings is 1. The molecule has 4 atom stereocenters. The summed E-state index contributed by atoms with van der Waals surface area (Å²) in [4.78, 5) is 37.8. The molecule has 5 heterocycles. The molecule has 230 valence electrons. The van der Waals surface area contributed by atoms with Crippen molar-refractivity contribution >= 4 is 50.1 Å². The Morgan fingerprint density at radius 1 is 1.14 bits per heavy atom. The highest BCUT2D eigenvalue weighted by atomic mass is 35.5. The number of rotatable bonds is 7. The van der Waals surface area contributed by atoms with Crippen molar-refractivity contribution < 1.29 is 13.2 Å². The van der Waals surface area contributed by atoms with Crippen LogP contribution in [0, 0.1) is 18.8 Å². The van der Waals surface area contributed by atoms with E-state index in [1.165, 1.54) is 23.9 Å². The molecule has 1 saturated heterocycles. The number of sulfonamides is 1. The van der Waals surface area contributed by atoms with E-state index in [1.807, 2.05) is 30.7 Å². The van der Waals surface area contributed by atoms with Crippen molar-refractivity contribution in [2.45, 2.75) is 45.2 Å². The van der Waals surface area contributed by atoms with Gasteiger partial charge in [-0.2, -0.15) is 5.10 Å². The zero-order valence-electron chi connectivity index (χ0n) is 24.8. The number of anilines is 2. The predicted molar refractivity (Wildman–Crippen MR) is 168 cm³/mol. The first-order valence-electron chi connectivity index (χ1n) is 14.7. The van der Waals surface area contributed by atoms with Gasteiger partial charge in [0.1, 0.15) is 5.15 Å². The lowest BCUT2D eigenvalue weighted by Crippen LogP contribution is -2.32. The SMILES string of the molecule is Cc1cc([C@@H](C)Nc2ccc(Cl)nc2C(=O)NS(C)(=O)=O)c2nc(N3C[C@@H]4C(c5cc6n(n5)CCC6)[C@@H]4C3)n(C)c(=O)c2c1. The number of carbonyl (C=O) groups excluding carboxylic acids is 1. The summed E-state index contributed by atoms with van der Waals surface area (Å²) in [5.74, 6) is 1.17. The first-order valence-corrected chi connectivity index (χ1v) is 16.9. The van der Waals surface area contributed by atoms with Crippen molar-refractivity contribution in [3.63, 3.8) is 0 Å². The van der Waals surface area contributed by atoms with Gasteiger partial charge in [0.2, 0.25) is 16.0 Å². The second kappa shape index (κ2) is 10.3. The van der Waals surface area contributed by atoms with Gasteiger partial charge < -0.3 is 10.2 Å². The average molecular weight is 637 g/mol. The molecule has 0 bridgehead atoms. The van der Waals surface area contributed by atoms with E-state index in [0.717, 1.165) is 43.4 Å². The molecule has 14 heteroatoms. The fraction of sp³-hybridized carbons (Fsp3) is 0.433. The van der Waals surface area contributed by atoms with Crippen LogP contribution in [0.25, 0.3) is 10.9 Å². The van der Waals surface area contributed by atoms with Crippen molar-refractivity contribution in [2.24, 2.45) is 18.9 Å². The largest absolute Gasteiger partial charge is 0.377 e. The lowest BCUT2D eigenvalue weighted by atomic mass is 10.0. The number of nitrogens with one attached hydrogen (secondary N) is 2. The Hall–Kier alpha value is -3.97. The van der Waals surface area contributed by atoms with Crippen LogP contribution >= 0.6 is 11.6 Å². The molecule has 4 aromatic rings. The van der Waals surface area contributed by atoms with Crippen LogP contribution in [0.15, 0.2) is 35.1 Å². The van der Waals surface area contributed by atoms with E-state index in [4.69, 9.17) is 21.7 Å². The minimum absolute atomic E-state index is 0.0422. The van der Waals surface area contributed by atoms with Crippen LogP contribution in [0.1, 0.15) is 58.3 Å². The van der Waals surface area contributed by atoms with Gasteiger partial charge in [0.25, 0.3) is 11.5 Å². The van der Waals surface area contributed by atoms with E-state index < -0.39 is 22.0 Å². The van der Waals surface area contributed by atoms with Crippen LogP contribution in [0.5, 0.6) is 0 Å². The van der Waals surface area contributed by atoms with Gasteiger partial charge in [0.15, 0.2) is 5.69 Å². The molecular weight excluding hydrogens is 604 g/mol. The zero-order valence-corrected chi connectivity index (χ0v) is 26.4. The molecule has 1 amide bonds. The third-order valence-corrected chi connectivity index (χ3v) is 9.79. The van der Waals surface area contributed by atoms with E-state index in [2.05, 4.69) is 25.9 Å². The number of carbonyl (C=O) groups is 1. The van der Waals surface area contributed by atoms with Crippen molar-refractivity contribution in [3.05, 3.63) is 74.0 Å². The highest BCUT2D eigenvalue weighted by molar-refractivity contribution is 7.89. The van der Waals surface area contributed by atoms with Crippen LogP contribution in [-0.4, -0.2) is 58.0 Å². The van der Waals surface area contributed by atoms with Gasteiger partial charge in [-0.05, 0) is 68.4 Å². The molecule has 1 aromatic carbocycles. The van der Waals surface area contributed by atoms with Crippen LogP contribution < -0.4 is 20.5 Å². The normalized spacial score (nSPS) is 21.3. The maximum Gasteiger partial charge on any atom is 0.285 e. The average Bonchev–Trinajstić information content (AvgIpc) is 3.33. The molecule has 1 unspecified atom stereocenters. The fourth-order valence-corrected chi connectivity index (χ4v) is 7.56. The number of fused-ring (bicyclic) bond motifs is 3. The van der Waals surface area contributed by atoms with Crippen LogP contribution in [0.2, 0.25) is 5.15 Å². The Morgan fingerprint density at radius 2 is 1.89 bits per heavy atom. The van der Waals surface area contributed by atoms with Gasteiger partial charge in [-0.1, -0.05) is 17.7 Å². The Bertz CT molecular complexity index is 1990. The molecule has 0 spiro atoms. The van der Waals surface area contributed by atoms with Gasteiger partial charge in [0, 0.05) is 43.9 Å². The Balaban J connectivity index is 1.19. The van der Waals surface area contributed by atoms with Gasteiger partial charge >= 0.3 is 0 Å². The third kappa shape index (κ3) is 5.01. The number of hydrogen-bond donors (Lipinski definition) is 2. The van der Waals surface area contributed by atoms with Crippen LogP contribution in [0.3, 0.4) is 0 Å². The second-order valence-electron chi connectivity index (χ2n) is 12.3. The first kappa shape index (κ1) is 28.8. The number of nitrogens with zero attached hydrogens (tertiary/aromatic N) is 6. The molecule has 7 rings (SSSR count). The summed E-state index contributed by atoms with van der Waals surface area (Å²) in [6.45, 7) is 6.43. The van der Waals surface area contributed by atoms with Gasteiger partial charge in [-0.25, -0.2) is 23.1 Å². The van der Waals surface area contributed by atoms with E-state index in [0.29, 0.717) is 34.6 Å². The molecule has 1 saturated carbocycles. The Labute approximate surface area is 259 Å². The predicted octanol–water partition coefficient (Wildman–Crippen LogP) is 3.15. The monoisotopic (exact) mass is 636 g/mol. The molecule has 2 aliphatic heterocycles. The maximum absolute atomic E-state index is 13.7. The molecule has 3 aliphatic rings. The van der Waals surface area contributed by atoms with E-state index in [-0.39, 0.29) is 22.1 Å². The smallest absolute Gasteiger partial charge is 0.285 e. The molecular formula is C30H33ClN8O4S. The molecule has 2 N–H and O–H groups in total. The molecule has 3 aromatic heterocycles. The van der Waals surface area contributed by atoms with Gasteiger partial charge in [-0.15, -0.1) is 0 Å². The number of halogens is 1. The summed E-state index contributed by atoms with van der Waals surface area (Å²) in [6, 6.07) is 8.73. The van der Waals surface area contributed by atoms with E-state index in [1.54, 1.807) is 17.7 Å². The second-order valence-corrected chi connectivity index (χ2v) is 14.4. The number of amides is 1. The van der Waals surface area contributed by atoms with Crippen molar-refractivity contribution in [3.8, 4) is 0 Å². The van der Waals surface area contributed by atoms with E-state index >= 15 is 0 Å². The minimum atomic E-state index is -3.82. The summed E-state index contributed by atoms with van der Waals surface area (Å²) < 4.78 is 29.2. The maximum atomic E-state index is 13.7. The Kier molecular flexibility index (Phi) is 6.74. The zero-order chi connectivity index (χ0) is 31.1. The molecule has 1 aliphatic carbocycles. The van der Waals surface area contributed by atoms with Crippen molar-refractivity contribution in [1.82, 2.24) is 29.0 Å². The van der Waals surface area contributed by atoms with E-state index in [9.17, 15) is 18.0 Å². The van der Waals surface area contributed by atoms with Crippen molar-refractivity contribution in [1.29, 1.82) is 0 Å². The molecule has 44 heavy (non-hydrogen) atoms. The molecule has 12 nitrogen and oxygen atoms in total. The van der Waals surface area contributed by atoms with Gasteiger partial charge in [0.05, 0.1) is 34.6 Å². The Morgan fingerprint density at radius 3 is 2.59 bits per heavy atom. The summed E-state index contributed by atoms with van der Waals surface area (Å²) in [5.41, 5.74) is 4.75. The summed E-state index contributed by atoms with van der Waals surface area (Å²) in [5, 5.41) is 8.68. The third-order valence-electron chi connectivity index (χ3n) is 9.03. The van der Waals surface area contributed by atoms with Crippen molar-refractivity contribution in [2.75, 3.05) is 29.6 Å². The number of aromatic nitrogens is 5. The molecule has 2 fully saturated rings. The van der Waals surface area contributed by atoms with Crippen LogP contribution in [0.4, 0.5) is 11.6 Å². The highest BCUT2D eigenvalue weighted by Gasteiger charge is 2.58. The van der Waals surface area contributed by atoms with Crippen LogP contribution in [-0.2, 0) is 30.0 Å². The molecule has 0 radical (unpaired) electrons. The first-order chi connectivity index (χ1) is 20.9. The number of hydrogen-bond acceptors (Lipinski definition) is 9. The quantitative estimate of drug-likeness (QED) is 0.292. The van der Waals surface area contributed by atoms with Gasteiger partial charge in [-0.3, -0.25) is 18.8 Å². The lowest BCUT2D eigenvalue weighted by Gasteiger charge is -2.25. The summed E-state index contributed by atoms with van der Waals surface area (Å²) >= 11 is 6.05. The number of aryl methyl sites for hydroxylation is 3. The lowest BCUT2D eigenvalue weighted by molar-refractivity contribution is 0.0977. The topological polar surface area (TPSA) is 144 Å². The summed E-state index contributed by atoms with van der Waals surface area (Å²) in [6.07, 6.45) is 3.16. The minimum Gasteiger partial charge on any atom is -0.377 e. The number of piperidine rings is 1. The summed E-state index contributed by atoms with van der Waals surface area (Å²) in [7, 11) is -2.06. The standard InChI is InChI=1S/C30H33ClN8O4S/c1-15-10-18(16(2)32-22-7-8-24(31)33-27(22)28(40)36-44(4,42)43)26-19(11-15)29(41)37(3)30(34-26)38-13-20-21(14-38)25(20)23-12-17-6-5-9-39(17)35-23/h7-8,10-12,16,20-21,25,32H,5-6,9,13-14H2,1-4H3,(H,36,40)/t16-,20-,21+,25?/m1/s1. The number of pyridine rings is 1. The fourth-order valence-electron chi connectivity index (χ4n) is 6.98. The highest BCUT2D eigenvalue weighted by Crippen LogP contribution is 2.58.